The number of hydrogen-bond acceptors (Lipinski definition) is 6. The first-order chi connectivity index (χ1) is 14.7. The summed E-state index contributed by atoms with van der Waals surface area (Å²) in [4.78, 5) is 21.3. The van der Waals surface area contributed by atoms with Gasteiger partial charge in [-0.05, 0) is 55.9 Å². The average Bonchev–Trinajstić information content (AvgIpc) is 3.41. The molecule has 7 heteroatoms. The largest absolute Gasteiger partial charge is 0.494 e. The van der Waals surface area contributed by atoms with E-state index in [1.807, 2.05) is 49.4 Å². The summed E-state index contributed by atoms with van der Waals surface area (Å²) in [7, 11) is 0. The van der Waals surface area contributed by atoms with Crippen LogP contribution >= 0.6 is 23.1 Å². The van der Waals surface area contributed by atoms with E-state index >= 15 is 0 Å². The van der Waals surface area contributed by atoms with Crippen molar-refractivity contribution in [2.75, 3.05) is 30.4 Å². The Hall–Kier alpha value is -2.09. The molecule has 0 radical (unpaired) electrons. The standard InChI is InChI=1S/C23H26N2O3S2/c1-3-27-16-11-12-19-21(14-16)30-23(24-19)25(15-17-8-7-13-28-17)22(26)18-9-5-6-10-20(18)29-4-2/h5-6,9-12,14,17H,3-4,7-8,13,15H2,1-2H3. The Kier molecular flexibility index (Phi) is 6.92. The van der Waals surface area contributed by atoms with Crippen LogP contribution in [0.15, 0.2) is 47.4 Å². The number of carbonyl (C=O) groups excluding carboxylic acids is 1. The molecular weight excluding hydrogens is 416 g/mol. The Morgan fingerprint density at radius 3 is 2.93 bits per heavy atom. The minimum absolute atomic E-state index is 0.0221. The molecule has 0 N–H and O–H groups in total. The van der Waals surface area contributed by atoms with Crippen LogP contribution in [0.2, 0.25) is 0 Å². The zero-order valence-electron chi connectivity index (χ0n) is 17.3. The summed E-state index contributed by atoms with van der Waals surface area (Å²) < 4.78 is 12.5. The van der Waals surface area contributed by atoms with E-state index in [9.17, 15) is 4.79 Å². The summed E-state index contributed by atoms with van der Waals surface area (Å²) in [6.07, 6.45) is 2.05. The second kappa shape index (κ2) is 9.81. The summed E-state index contributed by atoms with van der Waals surface area (Å²) in [5.74, 6) is 1.71. The molecule has 0 aliphatic carbocycles. The Bertz CT molecular complexity index is 1010. The number of hydrogen-bond donors (Lipinski definition) is 0. The molecule has 30 heavy (non-hydrogen) atoms. The predicted octanol–water partition coefficient (Wildman–Crippen LogP) is 5.63. The molecule has 1 saturated heterocycles. The summed E-state index contributed by atoms with van der Waals surface area (Å²) in [6, 6.07) is 13.7. The van der Waals surface area contributed by atoms with E-state index in [2.05, 4.69) is 6.92 Å². The van der Waals surface area contributed by atoms with Crippen LogP contribution in [-0.4, -0.2) is 42.5 Å². The second-order valence-electron chi connectivity index (χ2n) is 7.04. The van der Waals surface area contributed by atoms with Crippen molar-refractivity contribution in [1.29, 1.82) is 0 Å². The van der Waals surface area contributed by atoms with Crippen molar-refractivity contribution < 1.29 is 14.3 Å². The van der Waals surface area contributed by atoms with Crippen molar-refractivity contribution in [3.63, 3.8) is 0 Å². The SMILES string of the molecule is CCOc1ccc2nc(N(CC3CCCO3)C(=O)c3ccccc3SCC)sc2c1. The molecule has 0 saturated carbocycles. The summed E-state index contributed by atoms with van der Waals surface area (Å²) in [5.41, 5.74) is 1.59. The molecule has 1 unspecified atom stereocenters. The van der Waals surface area contributed by atoms with Crippen molar-refractivity contribution in [2.24, 2.45) is 0 Å². The van der Waals surface area contributed by atoms with E-state index in [1.165, 1.54) is 11.3 Å². The van der Waals surface area contributed by atoms with Crippen molar-refractivity contribution in [3.8, 4) is 5.75 Å². The summed E-state index contributed by atoms with van der Waals surface area (Å²) >= 11 is 3.21. The number of nitrogens with zero attached hydrogens (tertiary/aromatic N) is 2. The van der Waals surface area contributed by atoms with Gasteiger partial charge in [-0.1, -0.05) is 30.4 Å². The molecule has 2 aromatic carbocycles. The summed E-state index contributed by atoms with van der Waals surface area (Å²) in [5, 5.41) is 0.704. The van der Waals surface area contributed by atoms with Gasteiger partial charge in [0.15, 0.2) is 5.13 Å². The van der Waals surface area contributed by atoms with E-state index in [4.69, 9.17) is 14.5 Å². The molecule has 158 valence electrons. The third kappa shape index (κ3) is 4.63. The number of benzene rings is 2. The maximum atomic E-state index is 13.7. The fraction of sp³-hybridized carbons (Fsp3) is 0.391. The Balaban J connectivity index is 1.71. The molecule has 0 bridgehead atoms. The highest BCUT2D eigenvalue weighted by Gasteiger charge is 2.28. The number of amides is 1. The van der Waals surface area contributed by atoms with Crippen LogP contribution < -0.4 is 9.64 Å². The van der Waals surface area contributed by atoms with Gasteiger partial charge in [-0.2, -0.15) is 0 Å². The van der Waals surface area contributed by atoms with E-state index in [-0.39, 0.29) is 12.0 Å². The lowest BCUT2D eigenvalue weighted by Crippen LogP contribution is -2.37. The van der Waals surface area contributed by atoms with Crippen LogP contribution in [0, 0.1) is 0 Å². The molecule has 4 rings (SSSR count). The van der Waals surface area contributed by atoms with Crippen molar-refractivity contribution in [3.05, 3.63) is 48.0 Å². The van der Waals surface area contributed by atoms with Crippen LogP contribution in [0.4, 0.5) is 5.13 Å². The normalized spacial score (nSPS) is 16.1. The van der Waals surface area contributed by atoms with Gasteiger partial charge in [-0.25, -0.2) is 4.98 Å². The maximum Gasteiger partial charge on any atom is 0.261 e. The monoisotopic (exact) mass is 442 g/mol. The second-order valence-corrected chi connectivity index (χ2v) is 9.35. The third-order valence-corrected chi connectivity index (χ3v) is 6.96. The number of anilines is 1. The van der Waals surface area contributed by atoms with Gasteiger partial charge in [0.25, 0.3) is 5.91 Å². The lowest BCUT2D eigenvalue weighted by molar-refractivity contribution is 0.0915. The average molecular weight is 443 g/mol. The van der Waals surface area contributed by atoms with Gasteiger partial charge in [0.05, 0.1) is 35.0 Å². The van der Waals surface area contributed by atoms with E-state index in [0.29, 0.717) is 18.3 Å². The molecule has 2 heterocycles. The van der Waals surface area contributed by atoms with Crippen LogP contribution in [0.1, 0.15) is 37.0 Å². The number of thiazole rings is 1. The Morgan fingerprint density at radius 2 is 2.17 bits per heavy atom. The van der Waals surface area contributed by atoms with E-state index < -0.39 is 0 Å². The zero-order valence-corrected chi connectivity index (χ0v) is 18.9. The fourth-order valence-corrected chi connectivity index (χ4v) is 5.37. The van der Waals surface area contributed by atoms with Gasteiger partial charge in [0, 0.05) is 11.5 Å². The Morgan fingerprint density at radius 1 is 1.30 bits per heavy atom. The first-order valence-corrected chi connectivity index (χ1v) is 12.2. The van der Waals surface area contributed by atoms with Crippen molar-refractivity contribution in [2.45, 2.75) is 37.7 Å². The number of fused-ring (bicyclic) bond motifs is 1. The van der Waals surface area contributed by atoms with Crippen LogP contribution in [-0.2, 0) is 4.74 Å². The highest BCUT2D eigenvalue weighted by atomic mass is 32.2. The van der Waals surface area contributed by atoms with Crippen molar-refractivity contribution in [1.82, 2.24) is 4.98 Å². The van der Waals surface area contributed by atoms with Gasteiger partial charge < -0.3 is 9.47 Å². The van der Waals surface area contributed by atoms with Crippen molar-refractivity contribution >= 4 is 44.4 Å². The van der Waals surface area contributed by atoms with Gasteiger partial charge in [0.1, 0.15) is 5.75 Å². The highest BCUT2D eigenvalue weighted by molar-refractivity contribution is 7.99. The fourth-order valence-electron chi connectivity index (χ4n) is 3.57. The van der Waals surface area contributed by atoms with E-state index in [1.54, 1.807) is 16.7 Å². The predicted molar refractivity (Wildman–Crippen MR) is 124 cm³/mol. The number of carbonyl (C=O) groups is 1. The topological polar surface area (TPSA) is 51.7 Å². The number of rotatable bonds is 8. The number of thioether (sulfide) groups is 1. The van der Waals surface area contributed by atoms with Gasteiger partial charge in [0.2, 0.25) is 0 Å². The molecule has 1 atom stereocenters. The highest BCUT2D eigenvalue weighted by Crippen LogP contribution is 2.34. The molecular formula is C23H26N2O3S2. The summed E-state index contributed by atoms with van der Waals surface area (Å²) in [6.45, 7) is 5.96. The molecule has 3 aromatic rings. The molecule has 0 spiro atoms. The van der Waals surface area contributed by atoms with Gasteiger partial charge in [-0.3, -0.25) is 9.69 Å². The van der Waals surface area contributed by atoms with Crippen LogP contribution in [0.5, 0.6) is 5.75 Å². The molecule has 1 amide bonds. The number of ether oxygens (including phenoxy) is 2. The third-order valence-electron chi connectivity index (χ3n) is 4.96. The van der Waals surface area contributed by atoms with Crippen LogP contribution in [0.25, 0.3) is 10.2 Å². The van der Waals surface area contributed by atoms with Gasteiger partial charge >= 0.3 is 0 Å². The zero-order chi connectivity index (χ0) is 20.9. The molecule has 5 nitrogen and oxygen atoms in total. The lowest BCUT2D eigenvalue weighted by atomic mass is 10.1. The first kappa shape index (κ1) is 21.2. The lowest BCUT2D eigenvalue weighted by Gasteiger charge is -2.24. The minimum Gasteiger partial charge on any atom is -0.494 e. The Labute approximate surface area is 185 Å². The minimum atomic E-state index is -0.0221. The first-order valence-electron chi connectivity index (χ1n) is 10.4. The smallest absolute Gasteiger partial charge is 0.261 e. The molecule has 1 fully saturated rings. The maximum absolute atomic E-state index is 13.7. The quantitative estimate of drug-likeness (QED) is 0.423. The van der Waals surface area contributed by atoms with Crippen LogP contribution in [0.3, 0.4) is 0 Å². The van der Waals surface area contributed by atoms with Gasteiger partial charge in [-0.15, -0.1) is 11.8 Å². The number of aromatic nitrogens is 1. The van der Waals surface area contributed by atoms with E-state index in [0.717, 1.165) is 51.6 Å². The molecule has 1 aliphatic rings. The molecule has 1 aromatic heterocycles. The molecule has 1 aliphatic heterocycles.